The molecule has 0 spiro atoms. The lowest BCUT2D eigenvalue weighted by Crippen LogP contribution is -2.40. The molecule has 0 aliphatic carbocycles. The highest BCUT2D eigenvalue weighted by molar-refractivity contribution is 7.90. The molecule has 1 saturated heterocycles. The summed E-state index contributed by atoms with van der Waals surface area (Å²) >= 11 is 0. The molecular formula is C15H17N3O6S. The van der Waals surface area contributed by atoms with Crippen LogP contribution < -0.4 is 5.32 Å². The Labute approximate surface area is 144 Å². The van der Waals surface area contributed by atoms with Crippen LogP contribution in [0.3, 0.4) is 0 Å². The zero-order valence-electron chi connectivity index (χ0n) is 13.8. The van der Waals surface area contributed by atoms with Gasteiger partial charge in [-0.25, -0.2) is 18.1 Å². The van der Waals surface area contributed by atoms with E-state index in [1.807, 2.05) is 0 Å². The van der Waals surface area contributed by atoms with Gasteiger partial charge in [-0.3, -0.25) is 19.3 Å². The summed E-state index contributed by atoms with van der Waals surface area (Å²) in [5, 5.41) is 2.40. The number of imide groups is 2. The van der Waals surface area contributed by atoms with E-state index in [-0.39, 0.29) is 10.6 Å². The van der Waals surface area contributed by atoms with Gasteiger partial charge in [0.1, 0.15) is 6.54 Å². The predicted molar refractivity (Wildman–Crippen MR) is 87.3 cm³/mol. The standard InChI is InChI=1S/C15H17N3O6S/c1-9(2)18-14(21)13(20)17(15(18)22)8-12(19)16-10-5-4-6-11(7-10)25(3,23)24/h4-7,9H,8H2,1-3H3,(H,16,19). The molecule has 0 aromatic heterocycles. The number of anilines is 1. The molecule has 0 bridgehead atoms. The second-order valence-corrected chi connectivity index (χ2v) is 7.81. The van der Waals surface area contributed by atoms with Crippen molar-refractivity contribution in [3.05, 3.63) is 24.3 Å². The molecule has 1 N–H and O–H groups in total. The van der Waals surface area contributed by atoms with Crippen molar-refractivity contribution < 1.29 is 27.6 Å². The number of hydrogen-bond donors (Lipinski definition) is 1. The molecule has 1 aliphatic heterocycles. The van der Waals surface area contributed by atoms with Crippen LogP contribution >= 0.6 is 0 Å². The first-order chi connectivity index (χ1) is 11.5. The van der Waals surface area contributed by atoms with Gasteiger partial charge < -0.3 is 5.32 Å². The summed E-state index contributed by atoms with van der Waals surface area (Å²) < 4.78 is 23.0. The Morgan fingerprint density at radius 3 is 2.32 bits per heavy atom. The summed E-state index contributed by atoms with van der Waals surface area (Å²) in [5.74, 6) is -2.78. The first-order valence-electron chi connectivity index (χ1n) is 7.31. The van der Waals surface area contributed by atoms with Crippen molar-refractivity contribution in [1.29, 1.82) is 0 Å². The maximum Gasteiger partial charge on any atom is 0.334 e. The Morgan fingerprint density at radius 2 is 1.80 bits per heavy atom. The molecule has 2 rings (SSSR count). The molecule has 0 atom stereocenters. The number of amides is 5. The van der Waals surface area contributed by atoms with Crippen LogP contribution in [0, 0.1) is 0 Å². The van der Waals surface area contributed by atoms with Gasteiger partial charge in [0.15, 0.2) is 9.84 Å². The summed E-state index contributed by atoms with van der Waals surface area (Å²) in [5.41, 5.74) is 0.194. The molecule has 1 aromatic carbocycles. The van der Waals surface area contributed by atoms with Crippen molar-refractivity contribution >= 4 is 39.3 Å². The third-order valence-corrected chi connectivity index (χ3v) is 4.56. The first kappa shape index (κ1) is 18.6. The molecule has 1 heterocycles. The monoisotopic (exact) mass is 367 g/mol. The van der Waals surface area contributed by atoms with E-state index in [0.717, 1.165) is 11.2 Å². The van der Waals surface area contributed by atoms with Crippen LogP contribution in [0.25, 0.3) is 0 Å². The summed E-state index contributed by atoms with van der Waals surface area (Å²) in [4.78, 5) is 49.1. The number of carbonyl (C=O) groups excluding carboxylic acids is 4. The zero-order valence-corrected chi connectivity index (χ0v) is 14.7. The Morgan fingerprint density at radius 1 is 1.16 bits per heavy atom. The average Bonchev–Trinajstić information content (AvgIpc) is 2.70. The molecule has 0 unspecified atom stereocenters. The van der Waals surface area contributed by atoms with E-state index in [0.29, 0.717) is 4.90 Å². The fourth-order valence-corrected chi connectivity index (χ4v) is 2.93. The number of rotatable bonds is 5. The lowest BCUT2D eigenvalue weighted by molar-refractivity contribution is -0.144. The molecular weight excluding hydrogens is 350 g/mol. The van der Waals surface area contributed by atoms with E-state index in [2.05, 4.69) is 5.32 Å². The van der Waals surface area contributed by atoms with Gasteiger partial charge in [-0.15, -0.1) is 0 Å². The van der Waals surface area contributed by atoms with Crippen LogP contribution in [-0.2, 0) is 24.2 Å². The summed E-state index contributed by atoms with van der Waals surface area (Å²) in [6, 6.07) is 4.17. The van der Waals surface area contributed by atoms with Crippen LogP contribution in [0.1, 0.15) is 13.8 Å². The molecule has 9 nitrogen and oxygen atoms in total. The lowest BCUT2D eigenvalue weighted by Gasteiger charge is -2.18. The molecule has 1 aliphatic rings. The summed E-state index contributed by atoms with van der Waals surface area (Å²) in [7, 11) is -3.45. The molecule has 5 amide bonds. The molecule has 0 saturated carbocycles. The number of urea groups is 1. The minimum absolute atomic E-state index is 0.0137. The Bertz CT molecular complexity index is 862. The van der Waals surface area contributed by atoms with Crippen molar-refractivity contribution in [3.8, 4) is 0 Å². The Balaban J connectivity index is 2.12. The fourth-order valence-electron chi connectivity index (χ4n) is 2.27. The Kier molecular flexibility index (Phi) is 4.93. The number of carbonyl (C=O) groups is 4. The van der Waals surface area contributed by atoms with Gasteiger partial charge in [-0.1, -0.05) is 6.07 Å². The van der Waals surface area contributed by atoms with E-state index in [1.165, 1.54) is 24.3 Å². The topological polar surface area (TPSA) is 121 Å². The van der Waals surface area contributed by atoms with Gasteiger partial charge in [0, 0.05) is 18.0 Å². The van der Waals surface area contributed by atoms with E-state index < -0.39 is 46.2 Å². The van der Waals surface area contributed by atoms with Crippen LogP contribution in [0.5, 0.6) is 0 Å². The summed E-state index contributed by atoms with van der Waals surface area (Å²) in [6.45, 7) is 2.50. The molecule has 134 valence electrons. The largest absolute Gasteiger partial charge is 0.334 e. The average molecular weight is 367 g/mol. The molecule has 0 radical (unpaired) electrons. The third kappa shape index (κ3) is 3.85. The molecule has 1 fully saturated rings. The maximum atomic E-state index is 12.1. The van der Waals surface area contributed by atoms with Crippen molar-refractivity contribution in [3.63, 3.8) is 0 Å². The van der Waals surface area contributed by atoms with E-state index in [9.17, 15) is 27.6 Å². The highest BCUT2D eigenvalue weighted by Gasteiger charge is 2.46. The summed E-state index contributed by atoms with van der Waals surface area (Å²) in [6.07, 6.45) is 1.03. The second-order valence-electron chi connectivity index (χ2n) is 5.79. The van der Waals surface area contributed by atoms with Crippen molar-refractivity contribution in [2.45, 2.75) is 24.8 Å². The number of hydrogen-bond acceptors (Lipinski definition) is 6. The minimum Gasteiger partial charge on any atom is -0.324 e. The van der Waals surface area contributed by atoms with Gasteiger partial charge in [-0.05, 0) is 32.0 Å². The number of nitrogens with one attached hydrogen (secondary N) is 1. The normalized spacial score (nSPS) is 15.3. The van der Waals surface area contributed by atoms with Crippen molar-refractivity contribution in [2.75, 3.05) is 18.1 Å². The van der Waals surface area contributed by atoms with Crippen LogP contribution in [0.4, 0.5) is 10.5 Å². The SMILES string of the molecule is CC(C)N1C(=O)C(=O)N(CC(=O)Nc2cccc(S(C)(=O)=O)c2)C1=O. The van der Waals surface area contributed by atoms with Crippen LogP contribution in [0.2, 0.25) is 0 Å². The second kappa shape index (κ2) is 6.63. The van der Waals surface area contributed by atoms with Crippen LogP contribution in [-0.4, -0.2) is 60.8 Å². The third-order valence-electron chi connectivity index (χ3n) is 3.45. The first-order valence-corrected chi connectivity index (χ1v) is 9.20. The number of benzene rings is 1. The zero-order chi connectivity index (χ0) is 18.9. The van der Waals surface area contributed by atoms with Gasteiger partial charge in [0.25, 0.3) is 0 Å². The van der Waals surface area contributed by atoms with Crippen molar-refractivity contribution in [1.82, 2.24) is 9.80 Å². The number of sulfone groups is 1. The highest BCUT2D eigenvalue weighted by atomic mass is 32.2. The quantitative estimate of drug-likeness (QED) is 0.587. The van der Waals surface area contributed by atoms with Gasteiger partial charge in [-0.2, -0.15) is 0 Å². The number of nitrogens with zero attached hydrogens (tertiary/aromatic N) is 2. The lowest BCUT2D eigenvalue weighted by atomic mass is 10.3. The fraction of sp³-hybridized carbons (Fsp3) is 0.333. The molecule has 25 heavy (non-hydrogen) atoms. The van der Waals surface area contributed by atoms with E-state index >= 15 is 0 Å². The maximum absolute atomic E-state index is 12.1. The minimum atomic E-state index is -3.45. The Hall–Kier alpha value is -2.75. The van der Waals surface area contributed by atoms with E-state index in [4.69, 9.17) is 0 Å². The van der Waals surface area contributed by atoms with Gasteiger partial charge >= 0.3 is 17.8 Å². The molecule has 1 aromatic rings. The van der Waals surface area contributed by atoms with E-state index in [1.54, 1.807) is 13.8 Å². The highest BCUT2D eigenvalue weighted by Crippen LogP contribution is 2.17. The van der Waals surface area contributed by atoms with Crippen molar-refractivity contribution in [2.24, 2.45) is 0 Å². The van der Waals surface area contributed by atoms with Gasteiger partial charge in [0.05, 0.1) is 4.90 Å². The molecule has 10 heteroatoms. The smallest absolute Gasteiger partial charge is 0.324 e. The predicted octanol–water partition coefficient (Wildman–Crippen LogP) is 0.228. The van der Waals surface area contributed by atoms with Crippen LogP contribution in [0.15, 0.2) is 29.2 Å². The van der Waals surface area contributed by atoms with Gasteiger partial charge in [0.2, 0.25) is 5.91 Å².